The molecule has 2 amide bonds. The number of nitrogens with zero attached hydrogens (tertiary/aromatic N) is 1. The molecule has 0 atom stereocenters. The van der Waals surface area contributed by atoms with Crippen LogP contribution < -0.4 is 15.2 Å². The van der Waals surface area contributed by atoms with Crippen LogP contribution >= 0.6 is 0 Å². The molecule has 0 aromatic heterocycles. The highest BCUT2D eigenvalue weighted by Crippen LogP contribution is 2.26. The van der Waals surface area contributed by atoms with Crippen molar-refractivity contribution in [2.45, 2.75) is 19.3 Å². The van der Waals surface area contributed by atoms with Gasteiger partial charge in [-0.1, -0.05) is 6.07 Å². The maximum Gasteiger partial charge on any atom is 0.227 e. The number of primary amides is 1. The molecule has 22 heavy (non-hydrogen) atoms. The topological polar surface area (TPSA) is 81.9 Å². The maximum absolute atomic E-state index is 12.4. The summed E-state index contributed by atoms with van der Waals surface area (Å²) in [5.41, 5.74) is 6.13. The van der Waals surface area contributed by atoms with E-state index in [1.807, 2.05) is 12.1 Å². The van der Waals surface area contributed by atoms with Crippen LogP contribution in [0.25, 0.3) is 0 Å². The van der Waals surface area contributed by atoms with Crippen LogP contribution in [0.15, 0.2) is 18.2 Å². The lowest BCUT2D eigenvalue weighted by Crippen LogP contribution is -2.42. The van der Waals surface area contributed by atoms with Gasteiger partial charge in [0, 0.05) is 30.6 Å². The average Bonchev–Trinajstić information content (AvgIpc) is 2.55. The highest BCUT2D eigenvalue weighted by Gasteiger charge is 2.26. The quantitative estimate of drug-likeness (QED) is 0.879. The Morgan fingerprint density at radius 3 is 2.45 bits per heavy atom. The summed E-state index contributed by atoms with van der Waals surface area (Å²) >= 11 is 0. The van der Waals surface area contributed by atoms with E-state index in [0.717, 1.165) is 5.56 Å². The standard InChI is InChI=1S/C16H22N2O4/c1-21-13-4-3-12(14(10-13)22-2)9-15(19)18-7-5-11(6-8-18)16(17)20/h3-4,10-11H,5-9H2,1-2H3,(H2,17,20). The molecule has 1 aliphatic rings. The smallest absolute Gasteiger partial charge is 0.227 e. The van der Waals surface area contributed by atoms with Gasteiger partial charge in [-0.05, 0) is 18.9 Å². The molecule has 0 unspecified atom stereocenters. The summed E-state index contributed by atoms with van der Waals surface area (Å²) < 4.78 is 10.5. The fourth-order valence-electron chi connectivity index (χ4n) is 2.69. The van der Waals surface area contributed by atoms with Crippen molar-refractivity contribution in [1.82, 2.24) is 4.90 Å². The number of carbonyl (C=O) groups excluding carboxylic acids is 2. The van der Waals surface area contributed by atoms with Crippen LogP contribution in [-0.2, 0) is 16.0 Å². The molecule has 120 valence electrons. The number of ether oxygens (including phenoxy) is 2. The summed E-state index contributed by atoms with van der Waals surface area (Å²) in [7, 11) is 3.16. The van der Waals surface area contributed by atoms with Crippen molar-refractivity contribution < 1.29 is 19.1 Å². The molecule has 0 spiro atoms. The zero-order valence-electron chi connectivity index (χ0n) is 13.0. The van der Waals surface area contributed by atoms with E-state index in [1.165, 1.54) is 0 Å². The number of piperidine rings is 1. The summed E-state index contributed by atoms with van der Waals surface area (Å²) in [6, 6.07) is 5.41. The first-order valence-corrected chi connectivity index (χ1v) is 7.33. The zero-order valence-corrected chi connectivity index (χ0v) is 13.0. The normalized spacial score (nSPS) is 15.5. The van der Waals surface area contributed by atoms with Crippen molar-refractivity contribution >= 4 is 11.8 Å². The Hall–Kier alpha value is -2.24. The van der Waals surface area contributed by atoms with E-state index >= 15 is 0 Å². The van der Waals surface area contributed by atoms with Gasteiger partial charge in [0.15, 0.2) is 0 Å². The van der Waals surface area contributed by atoms with Gasteiger partial charge in [0.1, 0.15) is 11.5 Å². The van der Waals surface area contributed by atoms with E-state index in [9.17, 15) is 9.59 Å². The third kappa shape index (κ3) is 3.69. The molecular weight excluding hydrogens is 284 g/mol. The highest BCUT2D eigenvalue weighted by molar-refractivity contribution is 5.81. The molecule has 1 aromatic rings. The summed E-state index contributed by atoms with van der Waals surface area (Å²) in [6.07, 6.45) is 1.55. The molecule has 1 aromatic carbocycles. The monoisotopic (exact) mass is 306 g/mol. The Morgan fingerprint density at radius 2 is 1.91 bits per heavy atom. The molecule has 0 saturated carbocycles. The van der Waals surface area contributed by atoms with Crippen molar-refractivity contribution in [2.24, 2.45) is 11.7 Å². The Labute approximate surface area is 130 Å². The number of hydrogen-bond donors (Lipinski definition) is 1. The first-order valence-electron chi connectivity index (χ1n) is 7.33. The second-order valence-electron chi connectivity index (χ2n) is 5.41. The minimum Gasteiger partial charge on any atom is -0.497 e. The molecular formula is C16H22N2O4. The van der Waals surface area contributed by atoms with Crippen molar-refractivity contribution in [3.8, 4) is 11.5 Å². The number of nitrogens with two attached hydrogens (primary N) is 1. The van der Waals surface area contributed by atoms with Gasteiger partial charge in [0.05, 0.1) is 20.6 Å². The molecule has 6 nitrogen and oxygen atoms in total. The molecule has 1 heterocycles. The van der Waals surface area contributed by atoms with E-state index in [0.29, 0.717) is 37.4 Å². The molecule has 0 radical (unpaired) electrons. The summed E-state index contributed by atoms with van der Waals surface area (Å²) in [4.78, 5) is 25.3. The number of amides is 2. The van der Waals surface area contributed by atoms with Crippen LogP contribution in [0.1, 0.15) is 18.4 Å². The molecule has 1 fully saturated rings. The Balaban J connectivity index is 1.99. The number of likely N-dealkylation sites (tertiary alicyclic amines) is 1. The van der Waals surface area contributed by atoms with Crippen molar-refractivity contribution in [3.63, 3.8) is 0 Å². The van der Waals surface area contributed by atoms with Crippen molar-refractivity contribution in [1.29, 1.82) is 0 Å². The molecule has 0 bridgehead atoms. The van der Waals surface area contributed by atoms with Gasteiger partial charge in [-0.25, -0.2) is 0 Å². The van der Waals surface area contributed by atoms with E-state index in [4.69, 9.17) is 15.2 Å². The molecule has 0 aliphatic carbocycles. The molecule has 1 saturated heterocycles. The molecule has 1 aliphatic heterocycles. The lowest BCUT2D eigenvalue weighted by atomic mass is 9.96. The third-order valence-corrected chi connectivity index (χ3v) is 4.09. The van der Waals surface area contributed by atoms with Gasteiger partial charge < -0.3 is 20.1 Å². The predicted octanol–water partition coefficient (Wildman–Crippen LogP) is 0.970. The van der Waals surface area contributed by atoms with E-state index in [1.54, 1.807) is 25.2 Å². The number of hydrogen-bond acceptors (Lipinski definition) is 4. The van der Waals surface area contributed by atoms with E-state index in [-0.39, 0.29) is 24.2 Å². The van der Waals surface area contributed by atoms with Crippen LogP contribution in [0.2, 0.25) is 0 Å². The SMILES string of the molecule is COc1ccc(CC(=O)N2CCC(C(N)=O)CC2)c(OC)c1. The first-order chi connectivity index (χ1) is 10.5. The zero-order chi connectivity index (χ0) is 16.1. The molecule has 6 heteroatoms. The minimum atomic E-state index is -0.274. The Morgan fingerprint density at radius 1 is 1.23 bits per heavy atom. The number of benzene rings is 1. The lowest BCUT2D eigenvalue weighted by Gasteiger charge is -2.30. The van der Waals surface area contributed by atoms with Crippen molar-refractivity contribution in [3.05, 3.63) is 23.8 Å². The van der Waals surface area contributed by atoms with Crippen LogP contribution in [-0.4, -0.2) is 44.0 Å². The average molecular weight is 306 g/mol. The molecule has 2 N–H and O–H groups in total. The Bertz CT molecular complexity index is 551. The van der Waals surface area contributed by atoms with Gasteiger partial charge in [-0.3, -0.25) is 9.59 Å². The first kappa shape index (κ1) is 16.1. The van der Waals surface area contributed by atoms with Gasteiger partial charge >= 0.3 is 0 Å². The third-order valence-electron chi connectivity index (χ3n) is 4.09. The van der Waals surface area contributed by atoms with Gasteiger partial charge in [-0.2, -0.15) is 0 Å². The number of rotatable bonds is 5. The second-order valence-corrected chi connectivity index (χ2v) is 5.41. The predicted molar refractivity (Wildman–Crippen MR) is 81.7 cm³/mol. The number of methoxy groups -OCH3 is 2. The van der Waals surface area contributed by atoms with Gasteiger partial charge in [0.25, 0.3) is 0 Å². The summed E-state index contributed by atoms with van der Waals surface area (Å²) in [5.74, 6) is 0.977. The molecule has 2 rings (SSSR count). The van der Waals surface area contributed by atoms with Crippen LogP contribution in [0.5, 0.6) is 11.5 Å². The second kappa shape index (κ2) is 7.15. The van der Waals surface area contributed by atoms with Gasteiger partial charge in [-0.15, -0.1) is 0 Å². The summed E-state index contributed by atoms with van der Waals surface area (Å²) in [5, 5.41) is 0. The highest BCUT2D eigenvalue weighted by atomic mass is 16.5. The number of carbonyl (C=O) groups is 2. The fraction of sp³-hybridized carbons (Fsp3) is 0.500. The van der Waals surface area contributed by atoms with Crippen LogP contribution in [0.3, 0.4) is 0 Å². The van der Waals surface area contributed by atoms with Gasteiger partial charge in [0.2, 0.25) is 11.8 Å². The van der Waals surface area contributed by atoms with Crippen LogP contribution in [0, 0.1) is 5.92 Å². The lowest BCUT2D eigenvalue weighted by molar-refractivity contribution is -0.134. The largest absolute Gasteiger partial charge is 0.497 e. The van der Waals surface area contributed by atoms with Crippen molar-refractivity contribution in [2.75, 3.05) is 27.3 Å². The minimum absolute atomic E-state index is 0.0337. The van der Waals surface area contributed by atoms with E-state index < -0.39 is 0 Å². The van der Waals surface area contributed by atoms with E-state index in [2.05, 4.69) is 0 Å². The maximum atomic E-state index is 12.4. The summed E-state index contributed by atoms with van der Waals surface area (Å²) in [6.45, 7) is 1.15. The fourth-order valence-corrected chi connectivity index (χ4v) is 2.69. The van der Waals surface area contributed by atoms with Crippen LogP contribution in [0.4, 0.5) is 0 Å². The Kier molecular flexibility index (Phi) is 5.25.